The molecule has 3 heterocycles. The molecule has 3 fully saturated rings. The number of anilines is 1. The second-order valence-corrected chi connectivity index (χ2v) is 8.14. The van der Waals surface area contributed by atoms with Crippen LogP contribution in [-0.4, -0.2) is 66.0 Å². The number of benzene rings is 1. The fraction of sp³-hybridized carbons (Fsp3) is 0.571. The van der Waals surface area contributed by atoms with Gasteiger partial charge in [-0.15, -0.1) is 0 Å². The third-order valence-electron chi connectivity index (χ3n) is 6.13. The van der Waals surface area contributed by atoms with Gasteiger partial charge in [0, 0.05) is 43.3 Å². The standard InChI is InChI=1S/C21H25FN4O3/c22-21(6-7-21)20(27)26-8-4-15(5-9-26)18-23-19(29-24-18)16-2-1-3-17(14-16)25-10-12-28-13-11-25/h1-3,14-15H,4-13H2. The third-order valence-corrected chi connectivity index (χ3v) is 6.13. The Balaban J connectivity index is 1.25. The van der Waals surface area contributed by atoms with Crippen LogP contribution in [0.4, 0.5) is 10.1 Å². The maximum Gasteiger partial charge on any atom is 0.260 e. The maximum atomic E-state index is 14.0. The average Bonchev–Trinajstić information content (AvgIpc) is 3.34. The molecule has 2 aromatic rings. The summed E-state index contributed by atoms with van der Waals surface area (Å²) >= 11 is 0. The summed E-state index contributed by atoms with van der Waals surface area (Å²) in [5.41, 5.74) is 0.434. The average molecular weight is 400 g/mol. The van der Waals surface area contributed by atoms with Crippen LogP contribution in [0.15, 0.2) is 28.8 Å². The Morgan fingerprint density at radius 3 is 2.62 bits per heavy atom. The molecule has 7 nitrogen and oxygen atoms in total. The lowest BCUT2D eigenvalue weighted by molar-refractivity contribution is -0.139. The first-order chi connectivity index (χ1) is 14.1. The van der Waals surface area contributed by atoms with Gasteiger partial charge in [0.2, 0.25) is 0 Å². The number of likely N-dealkylation sites (tertiary alicyclic amines) is 1. The van der Waals surface area contributed by atoms with Crippen molar-refractivity contribution in [1.82, 2.24) is 15.0 Å². The molecule has 0 unspecified atom stereocenters. The van der Waals surface area contributed by atoms with Crippen molar-refractivity contribution in [3.8, 4) is 11.5 Å². The molecule has 1 aromatic heterocycles. The van der Waals surface area contributed by atoms with E-state index in [1.165, 1.54) is 0 Å². The molecule has 1 aromatic carbocycles. The number of hydrogen-bond donors (Lipinski definition) is 0. The number of alkyl halides is 1. The predicted octanol–water partition coefficient (Wildman–Crippen LogP) is 2.78. The lowest BCUT2D eigenvalue weighted by atomic mass is 9.95. The summed E-state index contributed by atoms with van der Waals surface area (Å²) in [7, 11) is 0. The van der Waals surface area contributed by atoms with Crippen molar-refractivity contribution in [1.29, 1.82) is 0 Å². The first kappa shape index (κ1) is 18.5. The minimum absolute atomic E-state index is 0.133. The number of piperidine rings is 1. The molecule has 2 aliphatic heterocycles. The van der Waals surface area contributed by atoms with Crippen LogP contribution >= 0.6 is 0 Å². The highest BCUT2D eigenvalue weighted by atomic mass is 19.1. The molecule has 2 saturated heterocycles. The lowest BCUT2D eigenvalue weighted by Crippen LogP contribution is -2.43. The number of morpholine rings is 1. The van der Waals surface area contributed by atoms with E-state index in [0.29, 0.717) is 37.6 Å². The van der Waals surface area contributed by atoms with Gasteiger partial charge in [0.1, 0.15) is 0 Å². The van der Waals surface area contributed by atoms with Gasteiger partial charge in [-0.3, -0.25) is 4.79 Å². The SMILES string of the molecule is O=C(N1CCC(c2noc(-c3cccc(N4CCOCC4)c3)n2)CC1)C1(F)CC1. The number of carbonyl (C=O) groups excluding carboxylic acids is 1. The summed E-state index contributed by atoms with van der Waals surface area (Å²) < 4.78 is 25.0. The molecular weight excluding hydrogens is 375 g/mol. The van der Waals surface area contributed by atoms with Gasteiger partial charge in [-0.05, 0) is 43.9 Å². The van der Waals surface area contributed by atoms with Crippen molar-refractivity contribution >= 4 is 11.6 Å². The molecule has 3 aliphatic rings. The summed E-state index contributed by atoms with van der Waals surface area (Å²) in [6.07, 6.45) is 2.19. The molecule has 154 valence electrons. The number of rotatable bonds is 4. The van der Waals surface area contributed by atoms with Gasteiger partial charge in [0.25, 0.3) is 11.8 Å². The zero-order valence-corrected chi connectivity index (χ0v) is 16.3. The molecule has 1 saturated carbocycles. The number of amides is 1. The third kappa shape index (κ3) is 3.73. The minimum atomic E-state index is -1.59. The maximum absolute atomic E-state index is 14.0. The van der Waals surface area contributed by atoms with Crippen molar-refractivity contribution in [3.05, 3.63) is 30.1 Å². The molecule has 0 spiro atoms. The van der Waals surface area contributed by atoms with Gasteiger partial charge >= 0.3 is 0 Å². The van der Waals surface area contributed by atoms with E-state index in [4.69, 9.17) is 9.26 Å². The van der Waals surface area contributed by atoms with E-state index in [0.717, 1.165) is 50.4 Å². The first-order valence-corrected chi connectivity index (χ1v) is 10.4. The monoisotopic (exact) mass is 400 g/mol. The second-order valence-electron chi connectivity index (χ2n) is 8.14. The summed E-state index contributed by atoms with van der Waals surface area (Å²) in [6.45, 7) is 4.31. The molecule has 1 amide bonds. The van der Waals surface area contributed by atoms with Gasteiger partial charge in [-0.1, -0.05) is 11.2 Å². The quantitative estimate of drug-likeness (QED) is 0.786. The van der Waals surface area contributed by atoms with E-state index in [9.17, 15) is 9.18 Å². The second kappa shape index (κ2) is 7.40. The zero-order chi connectivity index (χ0) is 19.8. The Kier molecular flexibility index (Phi) is 4.73. The highest BCUT2D eigenvalue weighted by molar-refractivity contribution is 5.88. The van der Waals surface area contributed by atoms with Crippen LogP contribution in [0.1, 0.15) is 37.4 Å². The number of ether oxygens (including phenoxy) is 1. The topological polar surface area (TPSA) is 71.7 Å². The van der Waals surface area contributed by atoms with Crippen LogP contribution in [0.5, 0.6) is 0 Å². The van der Waals surface area contributed by atoms with E-state index >= 15 is 0 Å². The normalized spacial score (nSPS) is 22.0. The lowest BCUT2D eigenvalue weighted by Gasteiger charge is -2.31. The van der Waals surface area contributed by atoms with Gasteiger partial charge in [0.15, 0.2) is 11.5 Å². The fourth-order valence-corrected chi connectivity index (χ4v) is 4.12. The summed E-state index contributed by atoms with van der Waals surface area (Å²) in [6, 6.07) is 8.12. The number of halogens is 1. The predicted molar refractivity (Wildman–Crippen MR) is 104 cm³/mol. The van der Waals surface area contributed by atoms with Crippen molar-refractivity contribution in [3.63, 3.8) is 0 Å². The highest BCUT2D eigenvalue weighted by Crippen LogP contribution is 2.42. The Labute approximate surface area is 168 Å². The van der Waals surface area contributed by atoms with Crippen LogP contribution in [0.2, 0.25) is 0 Å². The van der Waals surface area contributed by atoms with Crippen LogP contribution in [0, 0.1) is 0 Å². The minimum Gasteiger partial charge on any atom is -0.378 e. The molecule has 5 rings (SSSR count). The number of carbonyl (C=O) groups is 1. The molecule has 0 N–H and O–H groups in total. The Morgan fingerprint density at radius 1 is 1.14 bits per heavy atom. The fourth-order valence-electron chi connectivity index (χ4n) is 4.12. The van der Waals surface area contributed by atoms with Gasteiger partial charge in [0.05, 0.1) is 13.2 Å². The number of hydrogen-bond acceptors (Lipinski definition) is 6. The molecule has 8 heteroatoms. The highest BCUT2D eigenvalue weighted by Gasteiger charge is 2.53. The number of aromatic nitrogens is 2. The van der Waals surface area contributed by atoms with E-state index < -0.39 is 5.67 Å². The van der Waals surface area contributed by atoms with Crippen LogP contribution < -0.4 is 4.90 Å². The molecule has 29 heavy (non-hydrogen) atoms. The van der Waals surface area contributed by atoms with E-state index in [1.807, 2.05) is 12.1 Å². The van der Waals surface area contributed by atoms with E-state index in [1.54, 1.807) is 4.90 Å². The van der Waals surface area contributed by atoms with E-state index in [-0.39, 0.29) is 11.8 Å². The van der Waals surface area contributed by atoms with Crippen molar-refractivity contribution in [2.45, 2.75) is 37.3 Å². The van der Waals surface area contributed by atoms with Gasteiger partial charge < -0.3 is 19.1 Å². The van der Waals surface area contributed by atoms with Gasteiger partial charge in [-0.2, -0.15) is 4.98 Å². The Hall–Kier alpha value is -2.48. The first-order valence-electron chi connectivity index (χ1n) is 10.4. The molecule has 0 bridgehead atoms. The van der Waals surface area contributed by atoms with Gasteiger partial charge in [-0.25, -0.2) is 4.39 Å². The van der Waals surface area contributed by atoms with Crippen molar-refractivity contribution in [2.24, 2.45) is 0 Å². The Bertz CT molecular complexity index is 884. The molecule has 0 radical (unpaired) electrons. The van der Waals surface area contributed by atoms with Crippen LogP contribution in [0.25, 0.3) is 11.5 Å². The summed E-state index contributed by atoms with van der Waals surface area (Å²) in [5.74, 6) is 0.970. The molecule has 1 aliphatic carbocycles. The van der Waals surface area contributed by atoms with E-state index in [2.05, 4.69) is 27.2 Å². The summed E-state index contributed by atoms with van der Waals surface area (Å²) in [4.78, 5) is 20.7. The smallest absolute Gasteiger partial charge is 0.260 e. The van der Waals surface area contributed by atoms with Crippen LogP contribution in [-0.2, 0) is 9.53 Å². The van der Waals surface area contributed by atoms with Crippen molar-refractivity contribution < 1.29 is 18.4 Å². The molecule has 0 atom stereocenters. The molecular formula is C21H25FN4O3. The summed E-state index contributed by atoms with van der Waals surface area (Å²) in [5, 5.41) is 4.19. The number of nitrogens with zero attached hydrogens (tertiary/aromatic N) is 4. The zero-order valence-electron chi connectivity index (χ0n) is 16.3. The largest absolute Gasteiger partial charge is 0.378 e. The Morgan fingerprint density at radius 2 is 1.90 bits per heavy atom. The van der Waals surface area contributed by atoms with Crippen molar-refractivity contribution in [2.75, 3.05) is 44.3 Å². The van der Waals surface area contributed by atoms with Crippen LogP contribution in [0.3, 0.4) is 0 Å².